The summed E-state index contributed by atoms with van der Waals surface area (Å²) in [5, 5.41) is 0.0631. The number of para-hydroxylation sites is 1. The van der Waals surface area contributed by atoms with Crippen LogP contribution < -0.4 is 10.5 Å². The van der Waals surface area contributed by atoms with E-state index in [9.17, 15) is 0 Å². The van der Waals surface area contributed by atoms with E-state index in [1.807, 2.05) is 24.3 Å². The van der Waals surface area contributed by atoms with Crippen molar-refractivity contribution in [3.8, 4) is 5.75 Å². The van der Waals surface area contributed by atoms with Crippen molar-refractivity contribution >= 4 is 17.4 Å². The van der Waals surface area contributed by atoms with Gasteiger partial charge in [-0.25, -0.2) is 0 Å². The first-order chi connectivity index (χ1) is 6.11. The summed E-state index contributed by atoms with van der Waals surface area (Å²) < 4.78 is 5.22. The summed E-state index contributed by atoms with van der Waals surface area (Å²) in [4.78, 5) is 0. The van der Waals surface area contributed by atoms with E-state index in [1.54, 1.807) is 0 Å². The fourth-order valence-corrected chi connectivity index (χ4v) is 1.25. The van der Waals surface area contributed by atoms with Crippen LogP contribution >= 0.6 is 12.2 Å². The van der Waals surface area contributed by atoms with Gasteiger partial charge < -0.3 is 10.5 Å². The highest BCUT2D eigenvalue weighted by Crippen LogP contribution is 2.25. The van der Waals surface area contributed by atoms with Crippen LogP contribution in [0.15, 0.2) is 24.3 Å². The van der Waals surface area contributed by atoms with Gasteiger partial charge in [0, 0.05) is 0 Å². The molecule has 70 valence electrons. The van der Waals surface area contributed by atoms with Crippen LogP contribution in [0.25, 0.3) is 0 Å². The maximum atomic E-state index is 5.30. The van der Waals surface area contributed by atoms with Crippen LogP contribution in [0.2, 0.25) is 0 Å². The standard InChI is InChI=1S/C10H13NOS/c1-7(2)8-5-3-4-6-9(8)12-10(11)13/h3-7H,1-2H3,(H2,11,13). The third-order valence-electron chi connectivity index (χ3n) is 1.75. The Kier molecular flexibility index (Phi) is 3.25. The fraction of sp³-hybridized carbons (Fsp3) is 0.300. The van der Waals surface area contributed by atoms with Crippen LogP contribution in [-0.4, -0.2) is 5.17 Å². The van der Waals surface area contributed by atoms with Crippen molar-refractivity contribution in [3.05, 3.63) is 29.8 Å². The van der Waals surface area contributed by atoms with Crippen LogP contribution in [0.4, 0.5) is 0 Å². The van der Waals surface area contributed by atoms with E-state index in [2.05, 4.69) is 26.1 Å². The highest BCUT2D eigenvalue weighted by Gasteiger charge is 2.06. The lowest BCUT2D eigenvalue weighted by molar-refractivity contribution is 0.544. The van der Waals surface area contributed by atoms with Gasteiger partial charge in [0.15, 0.2) is 0 Å². The molecule has 2 N–H and O–H groups in total. The minimum absolute atomic E-state index is 0.0631. The van der Waals surface area contributed by atoms with Gasteiger partial charge in [0.1, 0.15) is 5.75 Å². The predicted molar refractivity (Wildman–Crippen MR) is 57.9 cm³/mol. The molecule has 0 aromatic heterocycles. The highest BCUT2D eigenvalue weighted by molar-refractivity contribution is 7.80. The molecule has 0 atom stereocenters. The Hall–Kier alpha value is -1.09. The number of ether oxygens (including phenoxy) is 1. The molecule has 0 aliphatic rings. The molecule has 0 radical (unpaired) electrons. The first-order valence-electron chi connectivity index (χ1n) is 4.17. The maximum Gasteiger partial charge on any atom is 0.259 e. The molecule has 13 heavy (non-hydrogen) atoms. The fourth-order valence-electron chi connectivity index (χ4n) is 1.16. The molecule has 1 rings (SSSR count). The molecule has 0 saturated carbocycles. The van der Waals surface area contributed by atoms with Crippen LogP contribution in [0.5, 0.6) is 5.75 Å². The van der Waals surface area contributed by atoms with Crippen LogP contribution in [0, 0.1) is 0 Å². The summed E-state index contributed by atoms with van der Waals surface area (Å²) in [7, 11) is 0. The van der Waals surface area contributed by atoms with E-state index in [-0.39, 0.29) is 5.17 Å². The molecule has 0 fully saturated rings. The van der Waals surface area contributed by atoms with Gasteiger partial charge in [-0.1, -0.05) is 32.0 Å². The van der Waals surface area contributed by atoms with Crippen molar-refractivity contribution in [3.63, 3.8) is 0 Å². The molecule has 3 heteroatoms. The first kappa shape index (κ1) is 9.99. The lowest BCUT2D eigenvalue weighted by Gasteiger charge is -2.11. The molecular weight excluding hydrogens is 182 g/mol. The summed E-state index contributed by atoms with van der Waals surface area (Å²) in [6.07, 6.45) is 0. The van der Waals surface area contributed by atoms with Gasteiger partial charge in [-0.05, 0) is 29.8 Å². The van der Waals surface area contributed by atoms with Gasteiger partial charge in [-0.15, -0.1) is 0 Å². The Balaban J connectivity index is 2.97. The number of rotatable bonds is 2. The molecule has 0 aliphatic heterocycles. The number of thiocarbonyl (C=S) groups is 1. The van der Waals surface area contributed by atoms with E-state index >= 15 is 0 Å². The number of hydrogen-bond donors (Lipinski definition) is 1. The van der Waals surface area contributed by atoms with Gasteiger partial charge in [0.25, 0.3) is 5.17 Å². The van der Waals surface area contributed by atoms with Crippen molar-refractivity contribution in [2.75, 3.05) is 0 Å². The summed E-state index contributed by atoms with van der Waals surface area (Å²) in [5.74, 6) is 1.16. The van der Waals surface area contributed by atoms with Crippen LogP contribution in [0.1, 0.15) is 25.3 Å². The Labute approximate surface area is 83.7 Å². The molecule has 0 spiro atoms. The third-order valence-corrected chi connectivity index (χ3v) is 1.83. The Bertz CT molecular complexity index is 310. The van der Waals surface area contributed by atoms with Crippen molar-refractivity contribution < 1.29 is 4.74 Å². The van der Waals surface area contributed by atoms with E-state index in [4.69, 9.17) is 10.5 Å². The summed E-state index contributed by atoms with van der Waals surface area (Å²) >= 11 is 4.68. The second-order valence-corrected chi connectivity index (χ2v) is 3.52. The molecular formula is C10H13NOS. The number of nitrogens with two attached hydrogens (primary N) is 1. The zero-order valence-corrected chi connectivity index (χ0v) is 8.60. The van der Waals surface area contributed by atoms with Gasteiger partial charge >= 0.3 is 0 Å². The lowest BCUT2D eigenvalue weighted by atomic mass is 10.0. The Morgan fingerprint density at radius 3 is 2.54 bits per heavy atom. The quantitative estimate of drug-likeness (QED) is 0.736. The monoisotopic (exact) mass is 195 g/mol. The molecule has 1 aromatic carbocycles. The highest BCUT2D eigenvalue weighted by atomic mass is 32.1. The second kappa shape index (κ2) is 4.23. The molecule has 0 unspecified atom stereocenters. The van der Waals surface area contributed by atoms with Gasteiger partial charge in [-0.3, -0.25) is 0 Å². The van der Waals surface area contributed by atoms with E-state index in [0.29, 0.717) is 5.92 Å². The normalized spacial score (nSPS) is 10.1. The second-order valence-electron chi connectivity index (χ2n) is 3.11. The zero-order valence-electron chi connectivity index (χ0n) is 7.78. The van der Waals surface area contributed by atoms with Gasteiger partial charge in [0.2, 0.25) is 0 Å². The van der Waals surface area contributed by atoms with Crippen LogP contribution in [0.3, 0.4) is 0 Å². The smallest absolute Gasteiger partial charge is 0.259 e. The van der Waals surface area contributed by atoms with Gasteiger partial charge in [-0.2, -0.15) is 0 Å². The molecule has 0 saturated heterocycles. The largest absolute Gasteiger partial charge is 0.432 e. The van der Waals surface area contributed by atoms with Crippen molar-refractivity contribution in [1.29, 1.82) is 0 Å². The molecule has 2 nitrogen and oxygen atoms in total. The van der Waals surface area contributed by atoms with E-state index in [1.165, 1.54) is 0 Å². The predicted octanol–water partition coefficient (Wildman–Crippen LogP) is 2.43. The molecule has 0 aliphatic carbocycles. The van der Waals surface area contributed by atoms with Gasteiger partial charge in [0.05, 0.1) is 0 Å². The SMILES string of the molecule is CC(C)c1ccccc1OC(N)=S. The average molecular weight is 195 g/mol. The van der Waals surface area contributed by atoms with Crippen LogP contribution in [-0.2, 0) is 0 Å². The Morgan fingerprint density at radius 2 is 2.00 bits per heavy atom. The maximum absolute atomic E-state index is 5.30. The molecule has 0 amide bonds. The molecule has 0 heterocycles. The lowest BCUT2D eigenvalue weighted by Crippen LogP contribution is -2.16. The minimum atomic E-state index is 0.0631. The molecule has 1 aromatic rings. The zero-order chi connectivity index (χ0) is 9.84. The van der Waals surface area contributed by atoms with Crippen molar-refractivity contribution in [2.45, 2.75) is 19.8 Å². The molecule has 0 bridgehead atoms. The first-order valence-corrected chi connectivity index (χ1v) is 4.58. The summed E-state index contributed by atoms with van der Waals surface area (Å²) in [6, 6.07) is 7.76. The summed E-state index contributed by atoms with van der Waals surface area (Å²) in [5.41, 5.74) is 6.42. The average Bonchev–Trinajstić information content (AvgIpc) is 2.03. The Morgan fingerprint density at radius 1 is 1.38 bits per heavy atom. The van der Waals surface area contributed by atoms with E-state index in [0.717, 1.165) is 11.3 Å². The third kappa shape index (κ3) is 2.70. The summed E-state index contributed by atoms with van der Waals surface area (Å²) in [6.45, 7) is 4.20. The number of hydrogen-bond acceptors (Lipinski definition) is 2. The minimum Gasteiger partial charge on any atom is -0.432 e. The number of benzene rings is 1. The van der Waals surface area contributed by atoms with Crippen molar-refractivity contribution in [2.24, 2.45) is 5.73 Å². The topological polar surface area (TPSA) is 35.2 Å². The van der Waals surface area contributed by atoms with Crippen molar-refractivity contribution in [1.82, 2.24) is 0 Å². The van der Waals surface area contributed by atoms with E-state index < -0.39 is 0 Å².